The van der Waals surface area contributed by atoms with Crippen LogP contribution in [0.3, 0.4) is 0 Å². The van der Waals surface area contributed by atoms with Crippen LogP contribution in [0, 0.1) is 0 Å². The molecule has 1 aliphatic carbocycles. The quantitative estimate of drug-likeness (QED) is 0.684. The van der Waals surface area contributed by atoms with Crippen molar-refractivity contribution >= 4 is 33.2 Å². The Balaban J connectivity index is 1.76. The smallest absolute Gasteiger partial charge is 0.239 e. The Morgan fingerprint density at radius 1 is 1.14 bits per heavy atom. The lowest BCUT2D eigenvalue weighted by atomic mass is 9.95. The van der Waals surface area contributed by atoms with Gasteiger partial charge in [0, 0.05) is 11.1 Å². The third-order valence-corrected chi connectivity index (χ3v) is 6.41. The summed E-state index contributed by atoms with van der Waals surface area (Å²) in [4.78, 5) is 12.7. The van der Waals surface area contributed by atoms with Crippen LogP contribution < -0.4 is 10.1 Å². The van der Waals surface area contributed by atoms with Crippen molar-refractivity contribution in [3.8, 4) is 11.5 Å². The number of anilines is 1. The molecule has 29 heavy (non-hydrogen) atoms. The number of para-hydroxylation sites is 1. The molecule has 0 radical (unpaired) electrons. The normalized spacial score (nSPS) is 15.3. The van der Waals surface area contributed by atoms with Gasteiger partial charge in [-0.2, -0.15) is 4.31 Å². The maximum atomic E-state index is 12.7. The highest BCUT2D eigenvalue weighted by Crippen LogP contribution is 2.32. The van der Waals surface area contributed by atoms with E-state index in [1.165, 1.54) is 4.31 Å². The highest BCUT2D eigenvalue weighted by Gasteiger charge is 2.30. The van der Waals surface area contributed by atoms with Crippen LogP contribution in [0.5, 0.6) is 11.5 Å². The molecule has 156 valence electrons. The first-order valence-electron chi connectivity index (χ1n) is 9.62. The fraction of sp³-hybridized carbons (Fsp3) is 0.381. The van der Waals surface area contributed by atoms with Crippen LogP contribution in [0.2, 0.25) is 5.02 Å². The lowest BCUT2D eigenvalue weighted by molar-refractivity contribution is -0.116. The van der Waals surface area contributed by atoms with Crippen molar-refractivity contribution < 1.29 is 17.9 Å². The Labute approximate surface area is 176 Å². The van der Waals surface area contributed by atoms with Gasteiger partial charge < -0.3 is 10.1 Å². The first-order chi connectivity index (χ1) is 13.8. The molecule has 0 saturated heterocycles. The highest BCUT2D eigenvalue weighted by atomic mass is 35.5. The number of carbonyl (C=O) groups is 1. The summed E-state index contributed by atoms with van der Waals surface area (Å²) in [5.41, 5.74) is 0.392. The van der Waals surface area contributed by atoms with Crippen molar-refractivity contribution in [2.75, 3.05) is 18.1 Å². The van der Waals surface area contributed by atoms with Gasteiger partial charge in [-0.1, -0.05) is 49.1 Å². The summed E-state index contributed by atoms with van der Waals surface area (Å²) >= 11 is 6.09. The van der Waals surface area contributed by atoms with Crippen molar-refractivity contribution in [1.29, 1.82) is 0 Å². The highest BCUT2D eigenvalue weighted by molar-refractivity contribution is 7.88. The number of halogens is 1. The second-order valence-electron chi connectivity index (χ2n) is 7.20. The molecule has 0 aromatic heterocycles. The topological polar surface area (TPSA) is 75.7 Å². The molecule has 1 amide bonds. The number of rotatable bonds is 7. The van der Waals surface area contributed by atoms with Gasteiger partial charge in [-0.25, -0.2) is 8.42 Å². The molecule has 6 nitrogen and oxygen atoms in total. The van der Waals surface area contributed by atoms with Gasteiger partial charge in [-0.05, 0) is 43.2 Å². The number of hydrogen-bond acceptors (Lipinski definition) is 4. The number of nitrogens with zero attached hydrogens (tertiary/aromatic N) is 1. The molecule has 8 heteroatoms. The molecule has 1 saturated carbocycles. The van der Waals surface area contributed by atoms with Gasteiger partial charge in [0.2, 0.25) is 15.9 Å². The standard InChI is InChI=1S/C21H25ClN2O4S/c1-29(26,27)24(17-8-4-2-5-9-17)15-21(25)23-19-14-16(22)12-13-20(19)28-18-10-6-3-7-11-18/h3,6-7,10-14,17H,2,4-5,8-9,15H2,1H3,(H,23,25). The average Bonchev–Trinajstić information content (AvgIpc) is 2.69. The van der Waals surface area contributed by atoms with Gasteiger partial charge in [-0.3, -0.25) is 4.79 Å². The fourth-order valence-electron chi connectivity index (χ4n) is 3.52. The van der Waals surface area contributed by atoms with Gasteiger partial charge in [0.15, 0.2) is 5.75 Å². The molecule has 0 unspecified atom stereocenters. The molecule has 0 spiro atoms. The molecular weight excluding hydrogens is 412 g/mol. The molecular formula is C21H25ClN2O4S. The minimum absolute atomic E-state index is 0.135. The predicted octanol–water partition coefficient (Wildman–Crippen LogP) is 4.67. The number of nitrogens with one attached hydrogen (secondary N) is 1. The summed E-state index contributed by atoms with van der Waals surface area (Å²) in [6.07, 6.45) is 5.75. The third kappa shape index (κ3) is 6.19. The SMILES string of the molecule is CS(=O)(=O)N(CC(=O)Nc1cc(Cl)ccc1Oc1ccccc1)C1CCCCC1. The molecule has 2 aromatic carbocycles. The van der Waals surface area contributed by atoms with E-state index in [4.69, 9.17) is 16.3 Å². The summed E-state index contributed by atoms with van der Waals surface area (Å²) in [7, 11) is -3.50. The number of benzene rings is 2. The van der Waals surface area contributed by atoms with E-state index < -0.39 is 15.9 Å². The summed E-state index contributed by atoms with van der Waals surface area (Å²) < 4.78 is 31.7. The predicted molar refractivity (Wildman–Crippen MR) is 115 cm³/mol. The van der Waals surface area contributed by atoms with E-state index in [1.54, 1.807) is 30.3 Å². The Kier molecular flexibility index (Phi) is 7.16. The van der Waals surface area contributed by atoms with Crippen LogP contribution in [-0.4, -0.2) is 37.5 Å². The molecule has 1 N–H and O–H groups in total. The van der Waals surface area contributed by atoms with Crippen molar-refractivity contribution in [2.24, 2.45) is 0 Å². The van der Waals surface area contributed by atoms with Crippen LogP contribution in [0.1, 0.15) is 32.1 Å². The van der Waals surface area contributed by atoms with Gasteiger partial charge >= 0.3 is 0 Å². The summed E-state index contributed by atoms with van der Waals surface area (Å²) in [6.45, 7) is -0.235. The van der Waals surface area contributed by atoms with Gasteiger partial charge in [0.05, 0.1) is 18.5 Å². The monoisotopic (exact) mass is 436 g/mol. The lowest BCUT2D eigenvalue weighted by Gasteiger charge is -2.31. The molecule has 1 aliphatic rings. The molecule has 0 bridgehead atoms. The second kappa shape index (κ2) is 9.61. The van der Waals surface area contributed by atoms with E-state index >= 15 is 0 Å². The summed E-state index contributed by atoms with van der Waals surface area (Å²) in [5, 5.41) is 3.20. The Morgan fingerprint density at radius 3 is 2.48 bits per heavy atom. The Morgan fingerprint density at radius 2 is 1.83 bits per heavy atom. The third-order valence-electron chi connectivity index (χ3n) is 4.89. The molecule has 2 aromatic rings. The summed E-state index contributed by atoms with van der Waals surface area (Å²) in [5.74, 6) is 0.615. The van der Waals surface area contributed by atoms with Gasteiger partial charge in [0.1, 0.15) is 5.75 Å². The zero-order chi connectivity index (χ0) is 20.9. The Hall–Kier alpha value is -2.09. The number of ether oxygens (including phenoxy) is 1. The van der Waals surface area contributed by atoms with Crippen LogP contribution >= 0.6 is 11.6 Å². The zero-order valence-corrected chi connectivity index (χ0v) is 17.9. The molecule has 0 atom stereocenters. The van der Waals surface area contributed by atoms with E-state index in [0.29, 0.717) is 22.2 Å². The minimum Gasteiger partial charge on any atom is -0.455 e. The number of amides is 1. The minimum atomic E-state index is -3.50. The van der Waals surface area contributed by atoms with E-state index in [1.807, 2.05) is 18.2 Å². The summed E-state index contributed by atoms with van der Waals surface area (Å²) in [6, 6.07) is 14.0. The Bertz CT molecular complexity index is 944. The number of carbonyl (C=O) groups excluding carboxylic acids is 1. The molecule has 3 rings (SSSR count). The van der Waals surface area contributed by atoms with Gasteiger partial charge in [-0.15, -0.1) is 0 Å². The molecule has 1 fully saturated rings. The number of sulfonamides is 1. The van der Waals surface area contributed by atoms with E-state index in [-0.39, 0.29) is 12.6 Å². The van der Waals surface area contributed by atoms with Crippen LogP contribution in [-0.2, 0) is 14.8 Å². The van der Waals surface area contributed by atoms with E-state index in [0.717, 1.165) is 38.4 Å². The second-order valence-corrected chi connectivity index (χ2v) is 9.58. The maximum absolute atomic E-state index is 12.7. The van der Waals surface area contributed by atoms with Crippen LogP contribution in [0.4, 0.5) is 5.69 Å². The van der Waals surface area contributed by atoms with Crippen LogP contribution in [0.15, 0.2) is 48.5 Å². The molecule has 0 aliphatic heterocycles. The number of hydrogen-bond donors (Lipinski definition) is 1. The lowest BCUT2D eigenvalue weighted by Crippen LogP contribution is -2.45. The fourth-order valence-corrected chi connectivity index (χ4v) is 4.80. The zero-order valence-electron chi connectivity index (χ0n) is 16.3. The molecule has 0 heterocycles. The first kappa shape index (κ1) is 21.6. The van der Waals surface area contributed by atoms with Crippen molar-refractivity contribution in [3.63, 3.8) is 0 Å². The van der Waals surface area contributed by atoms with Crippen molar-refractivity contribution in [2.45, 2.75) is 38.1 Å². The van der Waals surface area contributed by atoms with Crippen molar-refractivity contribution in [1.82, 2.24) is 4.31 Å². The van der Waals surface area contributed by atoms with E-state index in [9.17, 15) is 13.2 Å². The average molecular weight is 437 g/mol. The van der Waals surface area contributed by atoms with Crippen LogP contribution in [0.25, 0.3) is 0 Å². The van der Waals surface area contributed by atoms with Gasteiger partial charge in [0.25, 0.3) is 0 Å². The van der Waals surface area contributed by atoms with Crippen molar-refractivity contribution in [3.05, 3.63) is 53.6 Å². The first-order valence-corrected chi connectivity index (χ1v) is 11.8. The largest absolute Gasteiger partial charge is 0.455 e. The maximum Gasteiger partial charge on any atom is 0.239 e. The van der Waals surface area contributed by atoms with E-state index in [2.05, 4.69) is 5.32 Å².